The van der Waals surface area contributed by atoms with Crippen LogP contribution in [0.5, 0.6) is 5.75 Å². The van der Waals surface area contributed by atoms with E-state index >= 15 is 0 Å². The highest BCUT2D eigenvalue weighted by Gasteiger charge is 2.15. The van der Waals surface area contributed by atoms with E-state index in [1.54, 1.807) is 6.07 Å². The van der Waals surface area contributed by atoms with Gasteiger partial charge in [0.25, 0.3) is 0 Å². The van der Waals surface area contributed by atoms with Crippen LogP contribution in [0.4, 0.5) is 11.6 Å². The molecule has 0 aliphatic carbocycles. The number of aromatic carboxylic acids is 1. The fourth-order valence-corrected chi connectivity index (χ4v) is 2.47. The van der Waals surface area contributed by atoms with Crippen molar-refractivity contribution in [3.63, 3.8) is 0 Å². The normalized spacial score (nSPS) is 10.5. The van der Waals surface area contributed by atoms with Crippen LogP contribution in [-0.4, -0.2) is 26.2 Å². The number of aromatic hydroxyl groups is 1. The molecule has 3 N–H and O–H groups in total. The van der Waals surface area contributed by atoms with Crippen LogP contribution in [0, 0.1) is 13.8 Å². The number of carbonyl (C=O) groups is 1. The average Bonchev–Trinajstić information content (AvgIpc) is 2.59. The number of rotatable bonds is 4. The van der Waals surface area contributed by atoms with E-state index in [4.69, 9.17) is 0 Å². The molecule has 0 radical (unpaired) electrons. The summed E-state index contributed by atoms with van der Waals surface area (Å²) >= 11 is 0. The van der Waals surface area contributed by atoms with Gasteiger partial charge in [0.05, 0.1) is 5.69 Å². The SMILES string of the molecule is Cc1nc(Nc2ccccc2)nc(-c2ccc(O)c(C(=O)O)c2)c1C. The Hall–Kier alpha value is -3.41. The van der Waals surface area contributed by atoms with Gasteiger partial charge in [0.2, 0.25) is 5.95 Å². The van der Waals surface area contributed by atoms with Gasteiger partial charge in [-0.1, -0.05) is 18.2 Å². The molecule has 0 aliphatic heterocycles. The number of carboxylic acids is 1. The third-order valence-electron chi connectivity index (χ3n) is 3.92. The van der Waals surface area contributed by atoms with Crippen molar-refractivity contribution in [2.75, 3.05) is 5.32 Å². The minimum Gasteiger partial charge on any atom is -0.507 e. The van der Waals surface area contributed by atoms with Crippen molar-refractivity contribution in [3.8, 4) is 17.0 Å². The number of para-hydroxylation sites is 1. The number of carboxylic acid groups (broad SMARTS) is 1. The third kappa shape index (κ3) is 3.42. The van der Waals surface area contributed by atoms with Gasteiger partial charge in [-0.25, -0.2) is 14.8 Å². The standard InChI is InChI=1S/C19H17N3O3/c1-11-12(2)20-19(21-14-6-4-3-5-7-14)22-17(11)13-8-9-16(23)15(10-13)18(24)25/h3-10,23H,1-2H3,(H,24,25)(H,20,21,22). The van der Waals surface area contributed by atoms with E-state index < -0.39 is 5.97 Å². The number of hydrogen-bond donors (Lipinski definition) is 3. The van der Waals surface area contributed by atoms with Crippen molar-refractivity contribution >= 4 is 17.6 Å². The molecule has 0 saturated carbocycles. The summed E-state index contributed by atoms with van der Waals surface area (Å²) in [5.74, 6) is -1.04. The van der Waals surface area contributed by atoms with E-state index in [1.165, 1.54) is 12.1 Å². The Morgan fingerprint density at radius 1 is 1.04 bits per heavy atom. The van der Waals surface area contributed by atoms with Crippen LogP contribution >= 0.6 is 0 Å². The van der Waals surface area contributed by atoms with Crippen LogP contribution in [0.15, 0.2) is 48.5 Å². The van der Waals surface area contributed by atoms with E-state index in [0.717, 1.165) is 16.9 Å². The fraction of sp³-hybridized carbons (Fsp3) is 0.105. The van der Waals surface area contributed by atoms with Crippen LogP contribution in [0.25, 0.3) is 11.3 Å². The largest absolute Gasteiger partial charge is 0.507 e. The summed E-state index contributed by atoms with van der Waals surface area (Å²) in [7, 11) is 0. The molecule has 0 unspecified atom stereocenters. The molecule has 3 aromatic rings. The minimum absolute atomic E-state index is 0.161. The predicted molar refractivity (Wildman–Crippen MR) is 95.3 cm³/mol. The Labute approximate surface area is 144 Å². The van der Waals surface area contributed by atoms with Crippen molar-refractivity contribution in [1.82, 2.24) is 9.97 Å². The number of phenols is 1. The number of benzene rings is 2. The maximum absolute atomic E-state index is 11.3. The first kappa shape index (κ1) is 16.4. The lowest BCUT2D eigenvalue weighted by atomic mass is 10.0. The minimum atomic E-state index is -1.19. The predicted octanol–water partition coefficient (Wildman–Crippen LogP) is 3.91. The molecule has 2 aromatic carbocycles. The average molecular weight is 335 g/mol. The summed E-state index contributed by atoms with van der Waals surface area (Å²) in [5, 5.41) is 22.0. The number of hydrogen-bond acceptors (Lipinski definition) is 5. The molecule has 0 atom stereocenters. The van der Waals surface area contributed by atoms with Crippen molar-refractivity contribution in [3.05, 3.63) is 65.4 Å². The van der Waals surface area contributed by atoms with Gasteiger partial charge < -0.3 is 15.5 Å². The van der Waals surface area contributed by atoms with Gasteiger partial charge in [-0.2, -0.15) is 0 Å². The van der Waals surface area contributed by atoms with Gasteiger partial charge in [-0.3, -0.25) is 0 Å². The van der Waals surface area contributed by atoms with Crippen molar-refractivity contribution in [1.29, 1.82) is 0 Å². The van der Waals surface area contributed by atoms with Gasteiger partial charge in [0, 0.05) is 16.9 Å². The molecule has 0 saturated heterocycles. The zero-order chi connectivity index (χ0) is 18.0. The van der Waals surface area contributed by atoms with Gasteiger partial charge >= 0.3 is 5.97 Å². The highest BCUT2D eigenvalue weighted by molar-refractivity contribution is 5.92. The summed E-state index contributed by atoms with van der Waals surface area (Å²) in [6, 6.07) is 14.0. The Morgan fingerprint density at radius 2 is 1.76 bits per heavy atom. The van der Waals surface area contributed by atoms with Gasteiger partial charge in [-0.05, 0) is 49.7 Å². The lowest BCUT2D eigenvalue weighted by Crippen LogP contribution is -2.04. The molecular weight excluding hydrogens is 318 g/mol. The summed E-state index contributed by atoms with van der Waals surface area (Å²) < 4.78 is 0. The fourth-order valence-electron chi connectivity index (χ4n) is 2.47. The molecule has 6 nitrogen and oxygen atoms in total. The molecular formula is C19H17N3O3. The second-order valence-electron chi connectivity index (χ2n) is 5.63. The zero-order valence-corrected chi connectivity index (χ0v) is 13.8. The van der Waals surface area contributed by atoms with Crippen LogP contribution in [0.3, 0.4) is 0 Å². The van der Waals surface area contributed by atoms with E-state index in [0.29, 0.717) is 17.2 Å². The Balaban J connectivity index is 2.07. The second-order valence-corrected chi connectivity index (χ2v) is 5.63. The quantitative estimate of drug-likeness (QED) is 0.669. The number of anilines is 2. The molecule has 0 aliphatic rings. The first-order chi connectivity index (χ1) is 12.0. The number of nitrogens with zero attached hydrogens (tertiary/aromatic N) is 2. The zero-order valence-electron chi connectivity index (χ0n) is 13.8. The molecule has 126 valence electrons. The van der Waals surface area contributed by atoms with E-state index in [2.05, 4.69) is 15.3 Å². The lowest BCUT2D eigenvalue weighted by molar-refractivity contribution is 0.0694. The molecule has 0 fully saturated rings. The van der Waals surface area contributed by atoms with Gasteiger partial charge in [0.15, 0.2) is 0 Å². The van der Waals surface area contributed by atoms with Crippen molar-refractivity contribution in [2.45, 2.75) is 13.8 Å². The van der Waals surface area contributed by atoms with Crippen LogP contribution in [0.1, 0.15) is 21.6 Å². The molecule has 1 aromatic heterocycles. The summed E-state index contributed by atoms with van der Waals surface area (Å²) in [5.41, 5.74) is 3.55. The van der Waals surface area contributed by atoms with Crippen LogP contribution in [0.2, 0.25) is 0 Å². The highest BCUT2D eigenvalue weighted by atomic mass is 16.4. The molecule has 1 heterocycles. The molecule has 0 amide bonds. The van der Waals surface area contributed by atoms with E-state index in [9.17, 15) is 15.0 Å². The third-order valence-corrected chi connectivity index (χ3v) is 3.92. The Morgan fingerprint density at radius 3 is 2.44 bits per heavy atom. The maximum Gasteiger partial charge on any atom is 0.339 e. The topological polar surface area (TPSA) is 95.3 Å². The smallest absolute Gasteiger partial charge is 0.339 e. The van der Waals surface area contributed by atoms with Crippen molar-refractivity contribution in [2.24, 2.45) is 0 Å². The van der Waals surface area contributed by atoms with Crippen molar-refractivity contribution < 1.29 is 15.0 Å². The van der Waals surface area contributed by atoms with E-state index in [1.807, 2.05) is 44.2 Å². The van der Waals surface area contributed by atoms with Crippen LogP contribution < -0.4 is 5.32 Å². The molecule has 6 heteroatoms. The Kier molecular flexibility index (Phi) is 4.35. The lowest BCUT2D eigenvalue weighted by Gasteiger charge is -2.12. The van der Waals surface area contributed by atoms with Gasteiger partial charge in [0.1, 0.15) is 11.3 Å². The monoisotopic (exact) mass is 335 g/mol. The summed E-state index contributed by atoms with van der Waals surface area (Å²) in [6.45, 7) is 3.75. The highest BCUT2D eigenvalue weighted by Crippen LogP contribution is 2.29. The number of aryl methyl sites for hydroxylation is 1. The maximum atomic E-state index is 11.3. The first-order valence-electron chi connectivity index (χ1n) is 7.69. The first-order valence-corrected chi connectivity index (χ1v) is 7.69. The summed E-state index contributed by atoms with van der Waals surface area (Å²) in [6.07, 6.45) is 0. The molecule has 25 heavy (non-hydrogen) atoms. The Bertz CT molecular complexity index is 940. The molecule has 3 rings (SSSR count). The van der Waals surface area contributed by atoms with Gasteiger partial charge in [-0.15, -0.1) is 0 Å². The number of nitrogens with one attached hydrogen (secondary N) is 1. The molecule has 0 bridgehead atoms. The second kappa shape index (κ2) is 6.60. The summed E-state index contributed by atoms with van der Waals surface area (Å²) in [4.78, 5) is 20.2. The van der Waals surface area contributed by atoms with Crippen LogP contribution in [-0.2, 0) is 0 Å². The molecule has 0 spiro atoms. The van der Waals surface area contributed by atoms with E-state index in [-0.39, 0.29) is 11.3 Å². The number of aromatic nitrogens is 2.